The molecule has 0 saturated carbocycles. The molecule has 0 saturated heterocycles. The maximum Gasteiger partial charge on any atom is 0.254 e. The standard InChI is InChI=1S/C24H20Cl3NO3/c1-30-21-11-14-6-7-28(24(29)16-9-18(26)12-19(27)10-16)23(20(14)13-22(21)31-2)15-4-3-5-17(25)8-15/h3-5,8-13,23H,6-7H2,1-2H3. The Morgan fingerprint density at radius 2 is 1.58 bits per heavy atom. The lowest BCUT2D eigenvalue weighted by atomic mass is 9.87. The zero-order valence-electron chi connectivity index (χ0n) is 17.0. The number of amides is 1. The fourth-order valence-corrected chi connectivity index (χ4v) is 4.77. The van der Waals surface area contributed by atoms with Crippen LogP contribution in [-0.2, 0) is 6.42 Å². The van der Waals surface area contributed by atoms with E-state index in [4.69, 9.17) is 44.3 Å². The highest BCUT2D eigenvalue weighted by atomic mass is 35.5. The van der Waals surface area contributed by atoms with Crippen LogP contribution in [0.25, 0.3) is 0 Å². The van der Waals surface area contributed by atoms with Crippen LogP contribution < -0.4 is 9.47 Å². The van der Waals surface area contributed by atoms with E-state index in [1.54, 1.807) is 32.4 Å². The molecule has 0 aromatic heterocycles. The second-order valence-corrected chi connectivity index (χ2v) is 8.58. The lowest BCUT2D eigenvalue weighted by Gasteiger charge is -2.38. The van der Waals surface area contributed by atoms with E-state index in [9.17, 15) is 4.79 Å². The first kappa shape index (κ1) is 21.8. The Kier molecular flexibility index (Phi) is 6.33. The van der Waals surface area contributed by atoms with Crippen molar-refractivity contribution in [1.82, 2.24) is 4.90 Å². The molecule has 4 nitrogen and oxygen atoms in total. The Morgan fingerprint density at radius 3 is 2.23 bits per heavy atom. The average Bonchev–Trinajstić information content (AvgIpc) is 2.76. The van der Waals surface area contributed by atoms with Crippen molar-refractivity contribution in [2.24, 2.45) is 0 Å². The molecule has 1 unspecified atom stereocenters. The fraction of sp³-hybridized carbons (Fsp3) is 0.208. The van der Waals surface area contributed by atoms with E-state index in [0.717, 1.165) is 16.7 Å². The maximum absolute atomic E-state index is 13.6. The van der Waals surface area contributed by atoms with Crippen LogP contribution in [0.15, 0.2) is 54.6 Å². The van der Waals surface area contributed by atoms with E-state index in [1.165, 1.54) is 0 Å². The Morgan fingerprint density at radius 1 is 0.903 bits per heavy atom. The molecule has 3 aromatic carbocycles. The van der Waals surface area contributed by atoms with Crippen LogP contribution in [0.4, 0.5) is 0 Å². The van der Waals surface area contributed by atoms with E-state index >= 15 is 0 Å². The van der Waals surface area contributed by atoms with Crippen molar-refractivity contribution in [3.05, 3.63) is 91.9 Å². The maximum atomic E-state index is 13.6. The summed E-state index contributed by atoms with van der Waals surface area (Å²) in [5.41, 5.74) is 3.40. The summed E-state index contributed by atoms with van der Waals surface area (Å²) in [5.74, 6) is 1.11. The van der Waals surface area contributed by atoms with E-state index in [-0.39, 0.29) is 11.9 Å². The molecule has 0 spiro atoms. The molecule has 1 amide bonds. The second-order valence-electron chi connectivity index (χ2n) is 7.27. The summed E-state index contributed by atoms with van der Waals surface area (Å²) < 4.78 is 11.0. The number of hydrogen-bond donors (Lipinski definition) is 0. The van der Waals surface area contributed by atoms with Gasteiger partial charge in [0.1, 0.15) is 0 Å². The largest absolute Gasteiger partial charge is 0.493 e. The Balaban J connectivity index is 1.87. The first-order valence-corrected chi connectivity index (χ1v) is 10.8. The molecule has 0 bridgehead atoms. The van der Waals surface area contributed by atoms with Gasteiger partial charge in [0.2, 0.25) is 0 Å². The van der Waals surface area contributed by atoms with Crippen LogP contribution in [0, 0.1) is 0 Å². The average molecular weight is 477 g/mol. The second kappa shape index (κ2) is 8.99. The zero-order valence-corrected chi connectivity index (χ0v) is 19.3. The van der Waals surface area contributed by atoms with Gasteiger partial charge in [-0.05, 0) is 65.6 Å². The number of hydrogen-bond acceptors (Lipinski definition) is 3. The summed E-state index contributed by atoms with van der Waals surface area (Å²) in [5, 5.41) is 1.43. The molecular weight excluding hydrogens is 457 g/mol. The van der Waals surface area contributed by atoms with Crippen molar-refractivity contribution in [1.29, 1.82) is 0 Å². The summed E-state index contributed by atoms with van der Waals surface area (Å²) in [6, 6.07) is 16.0. The van der Waals surface area contributed by atoms with Gasteiger partial charge in [-0.25, -0.2) is 0 Å². The SMILES string of the molecule is COc1cc2c(cc1OC)C(c1cccc(Cl)c1)N(C(=O)c1cc(Cl)cc(Cl)c1)CC2. The van der Waals surface area contributed by atoms with Gasteiger partial charge >= 0.3 is 0 Å². The van der Waals surface area contributed by atoms with E-state index in [0.29, 0.717) is 45.1 Å². The van der Waals surface area contributed by atoms with Crippen LogP contribution in [0.1, 0.15) is 33.1 Å². The number of ether oxygens (including phenoxy) is 2. The third-order valence-electron chi connectivity index (χ3n) is 5.41. The van der Waals surface area contributed by atoms with E-state index in [2.05, 4.69) is 0 Å². The van der Waals surface area contributed by atoms with Crippen LogP contribution in [0.2, 0.25) is 15.1 Å². The number of rotatable bonds is 4. The van der Waals surface area contributed by atoms with Gasteiger partial charge in [-0.2, -0.15) is 0 Å². The van der Waals surface area contributed by atoms with Gasteiger partial charge in [-0.3, -0.25) is 4.79 Å². The van der Waals surface area contributed by atoms with Crippen LogP contribution in [-0.4, -0.2) is 31.6 Å². The number of halogens is 3. The van der Waals surface area contributed by atoms with Crippen molar-refractivity contribution >= 4 is 40.7 Å². The number of carbonyl (C=O) groups excluding carboxylic acids is 1. The van der Waals surface area contributed by atoms with Gasteiger partial charge in [0.05, 0.1) is 20.3 Å². The summed E-state index contributed by atoms with van der Waals surface area (Å²) in [6.07, 6.45) is 0.673. The van der Waals surface area contributed by atoms with Crippen molar-refractivity contribution in [2.75, 3.05) is 20.8 Å². The quantitative estimate of drug-likeness (QED) is 0.434. The minimum absolute atomic E-state index is 0.158. The Labute approximate surface area is 196 Å². The van der Waals surface area contributed by atoms with Gasteiger partial charge in [-0.15, -0.1) is 0 Å². The molecule has 4 rings (SSSR count). The molecule has 0 radical (unpaired) electrons. The minimum Gasteiger partial charge on any atom is -0.493 e. The third-order valence-corrected chi connectivity index (χ3v) is 6.08. The molecule has 7 heteroatoms. The number of benzene rings is 3. The molecule has 0 fully saturated rings. The monoisotopic (exact) mass is 475 g/mol. The summed E-state index contributed by atoms with van der Waals surface area (Å²) >= 11 is 18.6. The molecule has 1 aliphatic rings. The van der Waals surface area contributed by atoms with Gasteiger partial charge in [0, 0.05) is 27.2 Å². The molecular formula is C24H20Cl3NO3. The van der Waals surface area contributed by atoms with E-state index < -0.39 is 0 Å². The number of fused-ring (bicyclic) bond motifs is 1. The van der Waals surface area contributed by atoms with Crippen molar-refractivity contribution in [3.8, 4) is 11.5 Å². The van der Waals surface area contributed by atoms with Crippen LogP contribution >= 0.6 is 34.8 Å². The lowest BCUT2D eigenvalue weighted by Crippen LogP contribution is -2.40. The van der Waals surface area contributed by atoms with Gasteiger partial charge in [0.15, 0.2) is 11.5 Å². The highest BCUT2D eigenvalue weighted by molar-refractivity contribution is 6.35. The van der Waals surface area contributed by atoms with Crippen LogP contribution in [0.5, 0.6) is 11.5 Å². The minimum atomic E-state index is -0.354. The summed E-state index contributed by atoms with van der Waals surface area (Å²) in [4.78, 5) is 15.4. The summed E-state index contributed by atoms with van der Waals surface area (Å²) in [7, 11) is 3.21. The lowest BCUT2D eigenvalue weighted by molar-refractivity contribution is 0.0694. The Bertz CT molecular complexity index is 1130. The van der Waals surface area contributed by atoms with E-state index in [1.807, 2.05) is 41.3 Å². The molecule has 0 aliphatic carbocycles. The number of carbonyl (C=O) groups is 1. The number of nitrogens with zero attached hydrogens (tertiary/aromatic N) is 1. The molecule has 31 heavy (non-hydrogen) atoms. The molecule has 1 atom stereocenters. The molecule has 1 heterocycles. The smallest absolute Gasteiger partial charge is 0.254 e. The first-order valence-electron chi connectivity index (χ1n) is 9.68. The molecule has 160 valence electrons. The first-order chi connectivity index (χ1) is 14.9. The third kappa shape index (κ3) is 4.33. The van der Waals surface area contributed by atoms with Gasteiger partial charge in [0.25, 0.3) is 5.91 Å². The molecule has 0 N–H and O–H groups in total. The van der Waals surface area contributed by atoms with Gasteiger partial charge in [-0.1, -0.05) is 46.9 Å². The van der Waals surface area contributed by atoms with Crippen molar-refractivity contribution in [2.45, 2.75) is 12.5 Å². The predicted octanol–water partition coefficient (Wildman–Crippen LogP) is 6.45. The topological polar surface area (TPSA) is 38.8 Å². The summed E-state index contributed by atoms with van der Waals surface area (Å²) in [6.45, 7) is 0.516. The molecule has 3 aromatic rings. The number of methoxy groups -OCH3 is 2. The molecule has 1 aliphatic heterocycles. The highest BCUT2D eigenvalue weighted by Gasteiger charge is 2.34. The Hall–Kier alpha value is -2.40. The van der Waals surface area contributed by atoms with Crippen molar-refractivity contribution < 1.29 is 14.3 Å². The van der Waals surface area contributed by atoms with Crippen LogP contribution in [0.3, 0.4) is 0 Å². The van der Waals surface area contributed by atoms with Gasteiger partial charge < -0.3 is 14.4 Å². The zero-order chi connectivity index (χ0) is 22.1. The van der Waals surface area contributed by atoms with Crippen molar-refractivity contribution in [3.63, 3.8) is 0 Å². The normalized spacial score (nSPS) is 15.4. The predicted molar refractivity (Wildman–Crippen MR) is 124 cm³/mol. The highest BCUT2D eigenvalue weighted by Crippen LogP contribution is 2.42. The fourth-order valence-electron chi connectivity index (χ4n) is 4.04.